The molecule has 0 radical (unpaired) electrons. The molecule has 3 N–H and O–H groups in total. The molecule has 3 aliphatic heterocycles. The van der Waals surface area contributed by atoms with Gasteiger partial charge in [-0.2, -0.15) is 4.31 Å². The standard InChI is InChI=1S/C22H32FN5O5S/c1-13-7-16-21(25-26-22(16)23)19(8-13)34(30,31)27(2)10-20(29)24-14-3-4-17-18(9-14)33-6-5-28(17)15-11-32-12-15/h3-4,9,13,15-16,19,21-22,25-26H,5-8,10-12H2,1-2H3,(H,24,29). The molecule has 3 heterocycles. The smallest absolute Gasteiger partial charge is 0.239 e. The van der Waals surface area contributed by atoms with Gasteiger partial charge in [-0.15, -0.1) is 0 Å². The fourth-order valence-electron chi connectivity index (χ4n) is 5.44. The number of nitrogens with one attached hydrogen (secondary N) is 3. The zero-order valence-electron chi connectivity index (χ0n) is 19.4. The lowest BCUT2D eigenvalue weighted by molar-refractivity contribution is -0.116. The zero-order valence-corrected chi connectivity index (χ0v) is 20.2. The van der Waals surface area contributed by atoms with Crippen molar-refractivity contribution in [3.8, 4) is 5.75 Å². The third kappa shape index (κ3) is 4.37. The van der Waals surface area contributed by atoms with Crippen molar-refractivity contribution in [2.45, 2.75) is 43.4 Å². The van der Waals surface area contributed by atoms with Crippen molar-refractivity contribution in [1.82, 2.24) is 15.2 Å². The van der Waals surface area contributed by atoms with Crippen LogP contribution in [0.5, 0.6) is 5.75 Å². The van der Waals surface area contributed by atoms with Gasteiger partial charge in [-0.1, -0.05) is 6.92 Å². The average Bonchev–Trinajstić information content (AvgIpc) is 3.12. The summed E-state index contributed by atoms with van der Waals surface area (Å²) >= 11 is 0. The number of likely N-dealkylation sites (N-methyl/N-ethyl adjacent to an activating group) is 1. The van der Waals surface area contributed by atoms with Crippen LogP contribution in [0.4, 0.5) is 15.8 Å². The predicted molar refractivity (Wildman–Crippen MR) is 125 cm³/mol. The van der Waals surface area contributed by atoms with E-state index < -0.39 is 39.4 Å². The van der Waals surface area contributed by atoms with Crippen molar-refractivity contribution in [2.24, 2.45) is 11.8 Å². The first-order chi connectivity index (χ1) is 16.2. The minimum atomic E-state index is -3.83. The lowest BCUT2D eigenvalue weighted by Gasteiger charge is -2.41. The molecule has 1 amide bonds. The van der Waals surface area contributed by atoms with E-state index in [0.717, 1.165) is 16.5 Å². The summed E-state index contributed by atoms with van der Waals surface area (Å²) in [4.78, 5) is 15.0. The Morgan fingerprint density at radius 3 is 2.82 bits per heavy atom. The molecule has 34 heavy (non-hydrogen) atoms. The van der Waals surface area contributed by atoms with Crippen LogP contribution in [0.2, 0.25) is 0 Å². The van der Waals surface area contributed by atoms with Gasteiger partial charge >= 0.3 is 0 Å². The van der Waals surface area contributed by atoms with Crippen molar-refractivity contribution in [2.75, 3.05) is 50.2 Å². The van der Waals surface area contributed by atoms with Crippen molar-refractivity contribution in [3.63, 3.8) is 0 Å². The number of hydrazine groups is 1. The van der Waals surface area contributed by atoms with Crippen LogP contribution in [0, 0.1) is 11.8 Å². The maximum atomic E-state index is 14.2. The number of hydrogen-bond donors (Lipinski definition) is 3. The maximum absolute atomic E-state index is 14.2. The Kier molecular flexibility index (Phi) is 6.44. The first-order valence-electron chi connectivity index (χ1n) is 11.8. The minimum Gasteiger partial charge on any atom is -0.489 e. The number of alkyl halides is 1. The molecule has 0 aromatic heterocycles. The number of hydrogen-bond acceptors (Lipinski definition) is 8. The molecule has 5 unspecified atom stereocenters. The fourth-order valence-corrected chi connectivity index (χ4v) is 7.41. The number of carbonyl (C=O) groups is 1. The van der Waals surface area contributed by atoms with E-state index in [2.05, 4.69) is 21.1 Å². The highest BCUT2D eigenvalue weighted by molar-refractivity contribution is 7.89. The lowest BCUT2D eigenvalue weighted by atomic mass is 9.79. The van der Waals surface area contributed by atoms with E-state index in [9.17, 15) is 17.6 Å². The quantitative estimate of drug-likeness (QED) is 0.492. The average molecular weight is 498 g/mol. The monoisotopic (exact) mass is 497 g/mol. The molecule has 2 saturated heterocycles. The zero-order chi connectivity index (χ0) is 24.0. The number of carbonyl (C=O) groups excluding carboxylic acids is 1. The van der Waals surface area contributed by atoms with Crippen molar-refractivity contribution in [1.29, 1.82) is 0 Å². The largest absolute Gasteiger partial charge is 0.489 e. The van der Waals surface area contributed by atoms with Crippen LogP contribution in [0.1, 0.15) is 19.8 Å². The second-order valence-corrected chi connectivity index (χ2v) is 12.0. The Hall–Kier alpha value is -1.99. The fraction of sp³-hybridized carbons (Fsp3) is 0.682. The highest BCUT2D eigenvalue weighted by Crippen LogP contribution is 2.39. The second-order valence-electron chi connectivity index (χ2n) is 9.76. The summed E-state index contributed by atoms with van der Waals surface area (Å²) in [6.45, 7) is 4.32. The highest BCUT2D eigenvalue weighted by atomic mass is 32.2. The van der Waals surface area contributed by atoms with E-state index in [0.29, 0.717) is 50.1 Å². The molecule has 10 nitrogen and oxygen atoms in total. The second kappa shape index (κ2) is 9.23. The maximum Gasteiger partial charge on any atom is 0.239 e. The van der Waals surface area contributed by atoms with Gasteiger partial charge in [0.2, 0.25) is 15.9 Å². The van der Waals surface area contributed by atoms with Crippen LogP contribution < -0.4 is 25.8 Å². The first-order valence-corrected chi connectivity index (χ1v) is 13.3. The van der Waals surface area contributed by atoms with Crippen LogP contribution in [-0.4, -0.2) is 82.2 Å². The Bertz CT molecular complexity index is 1040. The molecule has 3 fully saturated rings. The summed E-state index contributed by atoms with van der Waals surface area (Å²) in [5.74, 6) is -0.107. The van der Waals surface area contributed by atoms with Gasteiger partial charge < -0.3 is 19.7 Å². The summed E-state index contributed by atoms with van der Waals surface area (Å²) in [6.07, 6.45) is -0.243. The molecule has 1 aromatic carbocycles. The van der Waals surface area contributed by atoms with E-state index in [4.69, 9.17) is 9.47 Å². The molecule has 5 rings (SSSR count). The van der Waals surface area contributed by atoms with Gasteiger partial charge in [-0.3, -0.25) is 10.2 Å². The SMILES string of the molecule is CC1CC2C(F)NNC2C(S(=O)(=O)N(C)CC(=O)Nc2ccc3c(c2)OCCN3C2COC2)C1. The molecule has 0 bridgehead atoms. The predicted octanol–water partition coefficient (Wildman–Crippen LogP) is 0.671. The van der Waals surface area contributed by atoms with Gasteiger partial charge in [0.05, 0.1) is 43.3 Å². The Labute approximate surface area is 199 Å². The summed E-state index contributed by atoms with van der Waals surface area (Å²) in [7, 11) is -2.43. The first kappa shape index (κ1) is 23.7. The molecule has 1 saturated carbocycles. The summed E-state index contributed by atoms with van der Waals surface area (Å²) in [5, 5.41) is 1.98. The number of halogens is 1. The number of benzene rings is 1. The Morgan fingerprint density at radius 1 is 1.29 bits per heavy atom. The molecule has 12 heteroatoms. The number of amides is 1. The van der Waals surface area contributed by atoms with E-state index in [1.165, 1.54) is 7.05 Å². The number of rotatable bonds is 6. The van der Waals surface area contributed by atoms with Crippen LogP contribution in [-0.2, 0) is 19.6 Å². The van der Waals surface area contributed by atoms with Gasteiger partial charge in [-0.25, -0.2) is 18.2 Å². The van der Waals surface area contributed by atoms with Crippen LogP contribution in [0.15, 0.2) is 18.2 Å². The molecular formula is C22H32FN5O5S. The van der Waals surface area contributed by atoms with E-state index >= 15 is 0 Å². The third-order valence-electron chi connectivity index (χ3n) is 7.32. The topological polar surface area (TPSA) is 112 Å². The van der Waals surface area contributed by atoms with Gasteiger partial charge in [-0.05, 0) is 30.9 Å². The van der Waals surface area contributed by atoms with Gasteiger partial charge in [0.25, 0.3) is 0 Å². The summed E-state index contributed by atoms with van der Waals surface area (Å²) in [6, 6.07) is 5.26. The number of fused-ring (bicyclic) bond motifs is 2. The lowest BCUT2D eigenvalue weighted by Crippen LogP contribution is -2.54. The summed E-state index contributed by atoms with van der Waals surface area (Å²) < 4.78 is 53.0. The molecule has 0 spiro atoms. The Morgan fingerprint density at radius 2 is 2.09 bits per heavy atom. The van der Waals surface area contributed by atoms with Crippen molar-refractivity contribution in [3.05, 3.63) is 18.2 Å². The number of sulfonamides is 1. The van der Waals surface area contributed by atoms with E-state index in [1.807, 2.05) is 13.0 Å². The van der Waals surface area contributed by atoms with Crippen molar-refractivity contribution >= 4 is 27.3 Å². The highest BCUT2D eigenvalue weighted by Gasteiger charge is 2.50. The molecule has 4 aliphatic rings. The Balaban J connectivity index is 1.24. The van der Waals surface area contributed by atoms with Crippen LogP contribution in [0.25, 0.3) is 0 Å². The van der Waals surface area contributed by atoms with Gasteiger partial charge in [0.15, 0.2) is 6.30 Å². The molecule has 1 aliphatic carbocycles. The van der Waals surface area contributed by atoms with E-state index in [-0.39, 0.29) is 12.5 Å². The van der Waals surface area contributed by atoms with Gasteiger partial charge in [0, 0.05) is 30.8 Å². The molecule has 188 valence electrons. The third-order valence-corrected chi connectivity index (χ3v) is 9.57. The number of anilines is 2. The molecule has 1 aromatic rings. The van der Waals surface area contributed by atoms with Crippen LogP contribution in [0.3, 0.4) is 0 Å². The van der Waals surface area contributed by atoms with E-state index in [1.54, 1.807) is 12.1 Å². The van der Waals surface area contributed by atoms with Crippen LogP contribution >= 0.6 is 0 Å². The normalized spacial score (nSPS) is 31.4. The van der Waals surface area contributed by atoms with Gasteiger partial charge in [0.1, 0.15) is 12.4 Å². The number of nitrogens with zero attached hydrogens (tertiary/aromatic N) is 2. The van der Waals surface area contributed by atoms with Crippen molar-refractivity contribution < 1.29 is 27.1 Å². The minimum absolute atomic E-state index is 0.0739. The number of ether oxygens (including phenoxy) is 2. The molecular weight excluding hydrogens is 465 g/mol. The molecule has 5 atom stereocenters. The summed E-state index contributed by atoms with van der Waals surface area (Å²) in [5.41, 5.74) is 6.86.